The molecule has 0 heterocycles. The van der Waals surface area contributed by atoms with Gasteiger partial charge in [0.25, 0.3) is 0 Å². The molecule has 0 aromatic heterocycles. The number of nitrogens with one attached hydrogen (secondary N) is 1. The number of ether oxygens (including phenoxy) is 1. The maximum absolute atomic E-state index is 12.0. The minimum absolute atomic E-state index is 0.00813. The van der Waals surface area contributed by atoms with E-state index in [2.05, 4.69) is 5.32 Å². The Balaban J connectivity index is 1.67. The van der Waals surface area contributed by atoms with Crippen LogP contribution in [0.3, 0.4) is 0 Å². The maximum atomic E-state index is 12.0. The molecule has 2 N–H and O–H groups in total. The molecule has 24 heavy (non-hydrogen) atoms. The number of carbonyl (C=O) groups excluding carboxylic acids is 1. The first-order valence-electron chi connectivity index (χ1n) is 7.84. The molecular formula is C19H22ClNO3. The summed E-state index contributed by atoms with van der Waals surface area (Å²) in [5.74, 6) is -0.209. The van der Waals surface area contributed by atoms with Gasteiger partial charge in [-0.25, -0.2) is 0 Å². The number of carbonyl (C=O) groups is 1. The number of hydrogen-bond acceptors (Lipinski definition) is 3. The third-order valence-corrected chi connectivity index (χ3v) is 3.90. The van der Waals surface area contributed by atoms with Crippen LogP contribution in [0.4, 0.5) is 0 Å². The molecule has 0 spiro atoms. The fourth-order valence-corrected chi connectivity index (χ4v) is 2.43. The van der Waals surface area contributed by atoms with Crippen LogP contribution in [0.5, 0.6) is 0 Å². The number of halogens is 1. The second kappa shape index (κ2) is 8.83. The van der Waals surface area contributed by atoms with Gasteiger partial charge in [-0.1, -0.05) is 54.1 Å². The minimum Gasteiger partial charge on any atom is -0.385 e. The Kier molecular flexibility index (Phi) is 6.79. The van der Waals surface area contributed by atoms with E-state index in [0.29, 0.717) is 24.8 Å². The van der Waals surface area contributed by atoms with E-state index in [-0.39, 0.29) is 12.3 Å². The third kappa shape index (κ3) is 5.96. The lowest BCUT2D eigenvalue weighted by Crippen LogP contribution is -2.34. The zero-order valence-corrected chi connectivity index (χ0v) is 14.4. The molecule has 0 aliphatic carbocycles. The Morgan fingerprint density at radius 1 is 1.17 bits per heavy atom. The molecule has 1 atom stereocenters. The van der Waals surface area contributed by atoms with Gasteiger partial charge < -0.3 is 15.2 Å². The molecule has 1 amide bonds. The summed E-state index contributed by atoms with van der Waals surface area (Å²) < 4.78 is 5.50. The van der Waals surface area contributed by atoms with Crippen LogP contribution in [0, 0.1) is 0 Å². The van der Waals surface area contributed by atoms with Gasteiger partial charge in [-0.15, -0.1) is 0 Å². The second-order valence-electron chi connectivity index (χ2n) is 5.85. The Morgan fingerprint density at radius 3 is 2.50 bits per heavy atom. The second-order valence-corrected chi connectivity index (χ2v) is 6.28. The van der Waals surface area contributed by atoms with Gasteiger partial charge in [-0.05, 0) is 30.2 Å². The van der Waals surface area contributed by atoms with Crippen molar-refractivity contribution < 1.29 is 14.6 Å². The van der Waals surface area contributed by atoms with Gasteiger partial charge in [0.05, 0.1) is 25.2 Å². The molecule has 0 aliphatic rings. The van der Waals surface area contributed by atoms with Crippen LogP contribution in [-0.4, -0.2) is 24.2 Å². The fourth-order valence-electron chi connectivity index (χ4n) is 2.31. The summed E-state index contributed by atoms with van der Waals surface area (Å²) in [7, 11) is 0. The number of amides is 1. The van der Waals surface area contributed by atoms with Gasteiger partial charge in [0.15, 0.2) is 0 Å². The summed E-state index contributed by atoms with van der Waals surface area (Å²) in [6.45, 7) is 2.91. The van der Waals surface area contributed by atoms with E-state index >= 15 is 0 Å². The summed E-state index contributed by atoms with van der Waals surface area (Å²) >= 11 is 5.82. The summed E-state index contributed by atoms with van der Waals surface area (Å²) in [6, 6.07) is 16.6. The van der Waals surface area contributed by atoms with E-state index in [1.807, 2.05) is 54.6 Å². The van der Waals surface area contributed by atoms with E-state index in [9.17, 15) is 9.90 Å². The van der Waals surface area contributed by atoms with Gasteiger partial charge >= 0.3 is 0 Å². The van der Waals surface area contributed by atoms with Crippen molar-refractivity contribution in [1.29, 1.82) is 0 Å². The molecular weight excluding hydrogens is 326 g/mol. The van der Waals surface area contributed by atoms with Crippen molar-refractivity contribution in [3.63, 3.8) is 0 Å². The van der Waals surface area contributed by atoms with Crippen molar-refractivity contribution >= 4 is 17.5 Å². The number of aliphatic hydroxyl groups is 1. The average molecular weight is 348 g/mol. The van der Waals surface area contributed by atoms with Crippen LogP contribution in [0.1, 0.15) is 24.5 Å². The molecule has 1 unspecified atom stereocenters. The van der Waals surface area contributed by atoms with Crippen molar-refractivity contribution in [1.82, 2.24) is 5.32 Å². The molecule has 128 valence electrons. The van der Waals surface area contributed by atoms with Crippen molar-refractivity contribution in [3.8, 4) is 0 Å². The largest absolute Gasteiger partial charge is 0.385 e. The SMILES string of the molecule is CC(O)(CC(=O)NCCOCc1ccc(Cl)cc1)c1ccccc1. The average Bonchev–Trinajstić information content (AvgIpc) is 2.56. The van der Waals surface area contributed by atoms with E-state index in [1.165, 1.54) is 0 Å². The van der Waals surface area contributed by atoms with E-state index < -0.39 is 5.60 Å². The number of rotatable bonds is 8. The van der Waals surface area contributed by atoms with E-state index in [4.69, 9.17) is 16.3 Å². The van der Waals surface area contributed by atoms with Crippen LogP contribution in [0.25, 0.3) is 0 Å². The molecule has 0 radical (unpaired) electrons. The third-order valence-electron chi connectivity index (χ3n) is 3.65. The Bertz CT molecular complexity index is 641. The fraction of sp³-hybridized carbons (Fsp3) is 0.316. The monoisotopic (exact) mass is 347 g/mol. The highest BCUT2D eigenvalue weighted by molar-refractivity contribution is 6.30. The molecule has 4 nitrogen and oxygen atoms in total. The Morgan fingerprint density at radius 2 is 1.83 bits per heavy atom. The van der Waals surface area contributed by atoms with Gasteiger partial charge in [0, 0.05) is 11.6 Å². The number of benzene rings is 2. The summed E-state index contributed by atoms with van der Waals surface area (Å²) in [4.78, 5) is 12.0. The summed E-state index contributed by atoms with van der Waals surface area (Å²) in [6.07, 6.45) is 0.00813. The van der Waals surface area contributed by atoms with Crippen LogP contribution in [0.15, 0.2) is 54.6 Å². The number of hydrogen-bond donors (Lipinski definition) is 2. The first-order chi connectivity index (χ1) is 11.5. The molecule has 2 aromatic carbocycles. The molecule has 2 aromatic rings. The quantitative estimate of drug-likeness (QED) is 0.720. The molecule has 0 aliphatic heterocycles. The van der Waals surface area contributed by atoms with Gasteiger partial charge in [0.1, 0.15) is 0 Å². The van der Waals surface area contributed by atoms with Crippen molar-refractivity contribution in [2.45, 2.75) is 25.6 Å². The predicted octanol–water partition coefficient (Wildman–Crippen LogP) is 3.27. The zero-order valence-electron chi connectivity index (χ0n) is 13.7. The molecule has 2 rings (SSSR count). The molecule has 0 saturated carbocycles. The lowest BCUT2D eigenvalue weighted by Gasteiger charge is -2.23. The Hall–Kier alpha value is -1.88. The highest BCUT2D eigenvalue weighted by Gasteiger charge is 2.26. The highest BCUT2D eigenvalue weighted by atomic mass is 35.5. The first-order valence-corrected chi connectivity index (χ1v) is 8.22. The predicted molar refractivity (Wildman–Crippen MR) is 94.7 cm³/mol. The summed E-state index contributed by atoms with van der Waals surface area (Å²) in [5.41, 5.74) is 0.562. The molecule has 0 bridgehead atoms. The molecule has 0 saturated heterocycles. The molecule has 0 fully saturated rings. The lowest BCUT2D eigenvalue weighted by molar-refractivity contribution is -0.126. The van der Waals surface area contributed by atoms with Crippen molar-refractivity contribution in [3.05, 3.63) is 70.7 Å². The highest BCUT2D eigenvalue weighted by Crippen LogP contribution is 2.23. The van der Waals surface area contributed by atoms with Gasteiger partial charge in [-0.2, -0.15) is 0 Å². The smallest absolute Gasteiger partial charge is 0.223 e. The molecule has 5 heteroatoms. The van der Waals surface area contributed by atoms with Gasteiger partial charge in [-0.3, -0.25) is 4.79 Å². The maximum Gasteiger partial charge on any atom is 0.223 e. The van der Waals surface area contributed by atoms with Crippen molar-refractivity contribution in [2.75, 3.05) is 13.2 Å². The standard InChI is InChI=1S/C19H22ClNO3/c1-19(23,16-5-3-2-4-6-16)13-18(22)21-11-12-24-14-15-7-9-17(20)10-8-15/h2-10,23H,11-14H2,1H3,(H,21,22). The van der Waals surface area contributed by atoms with E-state index in [0.717, 1.165) is 11.1 Å². The first kappa shape index (κ1) is 18.5. The normalized spacial score (nSPS) is 13.3. The van der Waals surface area contributed by atoms with Gasteiger partial charge in [0.2, 0.25) is 5.91 Å². The van der Waals surface area contributed by atoms with Crippen molar-refractivity contribution in [2.24, 2.45) is 0 Å². The van der Waals surface area contributed by atoms with Crippen LogP contribution >= 0.6 is 11.6 Å². The van der Waals surface area contributed by atoms with E-state index in [1.54, 1.807) is 6.92 Å². The van der Waals surface area contributed by atoms with Crippen LogP contribution in [0.2, 0.25) is 5.02 Å². The van der Waals surface area contributed by atoms with Crippen LogP contribution in [-0.2, 0) is 21.7 Å². The summed E-state index contributed by atoms with van der Waals surface area (Å²) in [5, 5.41) is 13.9. The topological polar surface area (TPSA) is 58.6 Å². The minimum atomic E-state index is -1.19. The zero-order chi connectivity index (χ0) is 17.4. The lowest BCUT2D eigenvalue weighted by atomic mass is 9.92. The Labute approximate surface area is 147 Å². The van der Waals surface area contributed by atoms with Crippen LogP contribution < -0.4 is 5.32 Å².